The number of hydrogen-bond acceptors (Lipinski definition) is 4. The number of nitrogens with one attached hydrogen (secondary N) is 1. The molecule has 2 atom stereocenters. The van der Waals surface area contributed by atoms with Gasteiger partial charge in [-0.2, -0.15) is 0 Å². The smallest absolute Gasteiger partial charge is 0.317 e. The van der Waals surface area contributed by atoms with Crippen molar-refractivity contribution in [3.63, 3.8) is 0 Å². The number of urea groups is 1. The lowest BCUT2D eigenvalue weighted by molar-refractivity contribution is -0.0460. The third-order valence-corrected chi connectivity index (χ3v) is 6.22. The molecule has 2 saturated heterocycles. The lowest BCUT2D eigenvalue weighted by Gasteiger charge is -2.35. The van der Waals surface area contributed by atoms with E-state index in [0.29, 0.717) is 19.1 Å². The third-order valence-electron chi connectivity index (χ3n) is 5.28. The summed E-state index contributed by atoms with van der Waals surface area (Å²) in [6.07, 6.45) is 5.78. The van der Waals surface area contributed by atoms with Gasteiger partial charge in [0, 0.05) is 37.1 Å². The van der Waals surface area contributed by atoms with Crippen molar-refractivity contribution in [1.29, 1.82) is 0 Å². The Balaban J connectivity index is 1.24. The van der Waals surface area contributed by atoms with Gasteiger partial charge in [0.15, 0.2) is 0 Å². The highest BCUT2D eigenvalue weighted by atomic mass is 32.1. The highest BCUT2D eigenvalue weighted by Gasteiger charge is 2.32. The van der Waals surface area contributed by atoms with Crippen molar-refractivity contribution in [2.75, 3.05) is 39.3 Å². The fourth-order valence-corrected chi connectivity index (χ4v) is 4.66. The van der Waals surface area contributed by atoms with E-state index in [2.05, 4.69) is 33.8 Å². The fraction of sp³-hybridized carbons (Fsp3) is 0.611. The van der Waals surface area contributed by atoms with Gasteiger partial charge in [0.05, 0.1) is 12.7 Å². The molecule has 2 fully saturated rings. The van der Waals surface area contributed by atoms with Crippen LogP contribution in [0.4, 0.5) is 4.79 Å². The summed E-state index contributed by atoms with van der Waals surface area (Å²) in [6.45, 7) is 5.04. The van der Waals surface area contributed by atoms with E-state index in [1.54, 1.807) is 11.3 Å². The van der Waals surface area contributed by atoms with E-state index in [-0.39, 0.29) is 12.1 Å². The van der Waals surface area contributed by atoms with Gasteiger partial charge in [-0.1, -0.05) is 12.1 Å². The minimum absolute atomic E-state index is 0.0311. The highest BCUT2D eigenvalue weighted by Crippen LogP contribution is 2.26. The highest BCUT2D eigenvalue weighted by molar-refractivity contribution is 7.11. The normalized spacial score (nSPS) is 27.7. The van der Waals surface area contributed by atoms with Crippen molar-refractivity contribution in [3.05, 3.63) is 28.5 Å². The minimum Gasteiger partial charge on any atom is -0.373 e. The predicted molar refractivity (Wildman–Crippen MR) is 96.2 cm³/mol. The summed E-state index contributed by atoms with van der Waals surface area (Å²) in [5.41, 5.74) is 1.37. The van der Waals surface area contributed by atoms with Gasteiger partial charge >= 0.3 is 6.03 Å². The Morgan fingerprint density at radius 2 is 2.38 bits per heavy atom. The summed E-state index contributed by atoms with van der Waals surface area (Å²) in [6, 6.07) is 4.87. The molecule has 1 aromatic rings. The Bertz CT molecular complexity index is 601. The van der Waals surface area contributed by atoms with E-state index in [0.717, 1.165) is 26.1 Å². The van der Waals surface area contributed by atoms with Crippen LogP contribution in [0.3, 0.4) is 0 Å². The number of carbonyl (C=O) groups excluding carboxylic acids is 1. The number of ether oxygens (including phenoxy) is 1. The summed E-state index contributed by atoms with van der Waals surface area (Å²) in [4.78, 5) is 18.1. The molecule has 2 amide bonds. The van der Waals surface area contributed by atoms with Crippen LogP contribution in [-0.2, 0) is 4.74 Å². The SMILES string of the molecule is O=C(NC[C@H]1CN2CCC[C@@H]2CO1)N1CC=C(c2cccs2)CC1. The van der Waals surface area contributed by atoms with Gasteiger partial charge in [0.25, 0.3) is 0 Å². The van der Waals surface area contributed by atoms with Gasteiger partial charge in [-0.15, -0.1) is 11.3 Å². The summed E-state index contributed by atoms with van der Waals surface area (Å²) in [7, 11) is 0. The Hall–Kier alpha value is -1.37. The number of thiophene rings is 1. The van der Waals surface area contributed by atoms with Crippen LogP contribution in [0.1, 0.15) is 24.1 Å². The molecule has 0 aromatic carbocycles. The van der Waals surface area contributed by atoms with Crippen LogP contribution >= 0.6 is 11.3 Å². The predicted octanol–water partition coefficient (Wildman–Crippen LogP) is 2.41. The number of rotatable bonds is 3. The number of hydrogen-bond donors (Lipinski definition) is 1. The molecule has 0 spiro atoms. The first kappa shape index (κ1) is 16.1. The van der Waals surface area contributed by atoms with Crippen LogP contribution < -0.4 is 5.32 Å². The lowest BCUT2D eigenvalue weighted by Crippen LogP contribution is -2.52. The Morgan fingerprint density at radius 1 is 1.42 bits per heavy atom. The molecule has 4 heterocycles. The summed E-state index contributed by atoms with van der Waals surface area (Å²) >= 11 is 1.77. The van der Waals surface area contributed by atoms with Crippen molar-refractivity contribution in [3.8, 4) is 0 Å². The second-order valence-corrected chi connectivity index (χ2v) is 7.78. The van der Waals surface area contributed by atoms with E-state index in [9.17, 15) is 4.79 Å². The topological polar surface area (TPSA) is 44.8 Å². The van der Waals surface area contributed by atoms with E-state index in [4.69, 9.17) is 4.74 Å². The number of fused-ring (bicyclic) bond motifs is 1. The van der Waals surface area contributed by atoms with Crippen LogP contribution in [0.2, 0.25) is 0 Å². The van der Waals surface area contributed by atoms with Gasteiger partial charge < -0.3 is 15.0 Å². The molecule has 0 saturated carbocycles. The second-order valence-electron chi connectivity index (χ2n) is 6.84. The van der Waals surface area contributed by atoms with E-state index in [1.165, 1.54) is 29.8 Å². The number of amides is 2. The maximum Gasteiger partial charge on any atom is 0.317 e. The van der Waals surface area contributed by atoms with Crippen molar-refractivity contribution in [2.24, 2.45) is 0 Å². The van der Waals surface area contributed by atoms with Gasteiger partial charge in [-0.05, 0) is 42.8 Å². The summed E-state index contributed by atoms with van der Waals surface area (Å²) in [5, 5.41) is 5.16. The average molecular weight is 347 g/mol. The number of morpholine rings is 1. The van der Waals surface area contributed by atoms with Gasteiger partial charge in [0.2, 0.25) is 0 Å². The Labute approximate surface area is 147 Å². The first-order chi connectivity index (χ1) is 11.8. The molecular weight excluding hydrogens is 322 g/mol. The largest absolute Gasteiger partial charge is 0.373 e. The lowest BCUT2D eigenvalue weighted by atomic mass is 10.1. The van der Waals surface area contributed by atoms with Crippen molar-refractivity contribution in [2.45, 2.75) is 31.4 Å². The van der Waals surface area contributed by atoms with Crippen molar-refractivity contribution in [1.82, 2.24) is 15.1 Å². The zero-order chi connectivity index (χ0) is 16.4. The molecule has 1 N–H and O–H groups in total. The minimum atomic E-state index is 0.0311. The first-order valence-electron chi connectivity index (χ1n) is 8.91. The van der Waals surface area contributed by atoms with Crippen LogP contribution in [-0.4, -0.2) is 67.3 Å². The number of nitrogens with zero attached hydrogens (tertiary/aromatic N) is 2. The van der Waals surface area contributed by atoms with Crippen LogP contribution in [0.15, 0.2) is 23.6 Å². The number of carbonyl (C=O) groups is 1. The van der Waals surface area contributed by atoms with Gasteiger partial charge in [-0.3, -0.25) is 4.90 Å². The molecular formula is C18H25N3O2S. The van der Waals surface area contributed by atoms with E-state index in [1.807, 2.05) is 4.90 Å². The molecule has 0 unspecified atom stereocenters. The molecule has 24 heavy (non-hydrogen) atoms. The molecule has 3 aliphatic rings. The fourth-order valence-electron chi connectivity index (χ4n) is 3.86. The van der Waals surface area contributed by atoms with Gasteiger partial charge in [0.1, 0.15) is 0 Å². The van der Waals surface area contributed by atoms with E-state index < -0.39 is 0 Å². The van der Waals surface area contributed by atoms with Crippen LogP contribution in [0, 0.1) is 0 Å². The molecule has 4 rings (SSSR count). The molecule has 6 heteroatoms. The maximum absolute atomic E-state index is 12.4. The van der Waals surface area contributed by atoms with Gasteiger partial charge in [-0.25, -0.2) is 4.79 Å². The molecule has 0 radical (unpaired) electrons. The van der Waals surface area contributed by atoms with Crippen molar-refractivity contribution < 1.29 is 9.53 Å². The molecule has 1 aromatic heterocycles. The third kappa shape index (κ3) is 3.50. The summed E-state index contributed by atoms with van der Waals surface area (Å²) < 4.78 is 5.91. The Morgan fingerprint density at radius 3 is 3.17 bits per heavy atom. The quantitative estimate of drug-likeness (QED) is 0.913. The zero-order valence-electron chi connectivity index (χ0n) is 13.9. The molecule has 0 bridgehead atoms. The first-order valence-corrected chi connectivity index (χ1v) is 9.79. The van der Waals surface area contributed by atoms with Crippen LogP contribution in [0.5, 0.6) is 0 Å². The standard InChI is InChI=1S/C18H25N3O2S/c22-18(19-11-16-12-21-7-1-3-15(21)13-23-16)20-8-5-14(6-9-20)17-4-2-10-24-17/h2,4-5,10,15-16H,1,3,6-9,11-13H2,(H,19,22)/t15-,16+/m1/s1. The van der Waals surface area contributed by atoms with Crippen LogP contribution in [0.25, 0.3) is 5.57 Å². The maximum atomic E-state index is 12.4. The molecule has 3 aliphatic heterocycles. The zero-order valence-corrected chi connectivity index (χ0v) is 14.8. The average Bonchev–Trinajstić information content (AvgIpc) is 3.31. The monoisotopic (exact) mass is 347 g/mol. The summed E-state index contributed by atoms with van der Waals surface area (Å²) in [5.74, 6) is 0. The van der Waals surface area contributed by atoms with E-state index >= 15 is 0 Å². The molecule has 0 aliphatic carbocycles. The second kappa shape index (κ2) is 7.25. The molecule has 5 nitrogen and oxygen atoms in total. The van der Waals surface area contributed by atoms with Crippen molar-refractivity contribution >= 4 is 22.9 Å². The molecule has 130 valence electrons. The Kier molecular flexibility index (Phi) is 4.87.